The molecule has 0 atom stereocenters. The van der Waals surface area contributed by atoms with Crippen molar-refractivity contribution in [2.45, 2.75) is 19.5 Å². The Hall–Kier alpha value is -0.0131. The van der Waals surface area contributed by atoms with Crippen LogP contribution in [0.1, 0.15) is 6.42 Å². The third-order valence-corrected chi connectivity index (χ3v) is 3.87. The molecule has 1 aliphatic carbocycles. The Labute approximate surface area is 62.8 Å². The zero-order chi connectivity index (χ0) is 6.85. The van der Waals surface area contributed by atoms with Gasteiger partial charge < -0.3 is 0 Å². The summed E-state index contributed by atoms with van der Waals surface area (Å²) in [6.45, 7) is 4.60. The molecule has 0 N–H and O–H groups in total. The maximum absolute atomic E-state index is 5.93. The smallest absolute Gasteiger partial charge is 0.0662 e. The van der Waals surface area contributed by atoms with Crippen LogP contribution in [-0.4, -0.2) is 8.80 Å². The lowest BCUT2D eigenvalue weighted by atomic mass is 10.5. The summed E-state index contributed by atoms with van der Waals surface area (Å²) in [5.41, 5.74) is 0. The van der Waals surface area contributed by atoms with E-state index in [1.807, 2.05) is 0 Å². The van der Waals surface area contributed by atoms with Crippen molar-refractivity contribution in [1.82, 2.24) is 0 Å². The van der Waals surface area contributed by atoms with Gasteiger partial charge in [0.1, 0.15) is 0 Å². The summed E-state index contributed by atoms with van der Waals surface area (Å²) in [5.74, 6) is 0. The van der Waals surface area contributed by atoms with Crippen LogP contribution >= 0.6 is 11.6 Å². The van der Waals surface area contributed by atoms with Gasteiger partial charge in [0.2, 0.25) is 0 Å². The van der Waals surface area contributed by atoms with Crippen molar-refractivity contribution in [2.75, 3.05) is 0 Å². The largest absolute Gasteiger partial charge is 0.0890 e. The van der Waals surface area contributed by atoms with Crippen molar-refractivity contribution in [2.24, 2.45) is 0 Å². The standard InChI is InChI=1S/C7H11ClSi/c1-9(2)7-5-3-4-6(7)8/h3,5,9H,4H2,1-2H3. The molecule has 0 saturated heterocycles. The summed E-state index contributed by atoms with van der Waals surface area (Å²) in [6, 6.07) is 0. The number of hydrogen-bond acceptors (Lipinski definition) is 0. The Kier molecular flexibility index (Phi) is 2.14. The molecule has 0 aromatic carbocycles. The normalized spacial score (nSPS) is 18.2. The van der Waals surface area contributed by atoms with E-state index in [-0.39, 0.29) is 0 Å². The molecule has 0 bridgehead atoms. The van der Waals surface area contributed by atoms with Crippen molar-refractivity contribution >= 4 is 20.4 Å². The maximum Gasteiger partial charge on any atom is 0.0662 e. The highest BCUT2D eigenvalue weighted by atomic mass is 35.5. The van der Waals surface area contributed by atoms with Gasteiger partial charge in [-0.2, -0.15) is 0 Å². The molecule has 50 valence electrons. The average molecular weight is 159 g/mol. The fourth-order valence-corrected chi connectivity index (χ4v) is 3.08. The highest BCUT2D eigenvalue weighted by Gasteiger charge is 2.09. The number of halogens is 1. The Morgan fingerprint density at radius 3 is 2.44 bits per heavy atom. The summed E-state index contributed by atoms with van der Waals surface area (Å²) in [4.78, 5) is 0. The second-order valence-electron chi connectivity index (χ2n) is 2.62. The lowest BCUT2D eigenvalue weighted by Gasteiger charge is -2.01. The Bertz CT molecular complexity index is 168. The summed E-state index contributed by atoms with van der Waals surface area (Å²) in [5, 5.41) is 2.52. The monoisotopic (exact) mass is 158 g/mol. The second kappa shape index (κ2) is 2.71. The van der Waals surface area contributed by atoms with Crippen molar-refractivity contribution in [3.63, 3.8) is 0 Å². The molecule has 2 heteroatoms. The fraction of sp³-hybridized carbons (Fsp3) is 0.429. The molecule has 9 heavy (non-hydrogen) atoms. The molecule has 0 fully saturated rings. The molecule has 0 unspecified atom stereocenters. The maximum atomic E-state index is 5.93. The number of rotatable bonds is 1. The molecule has 0 amide bonds. The van der Waals surface area contributed by atoms with Crippen molar-refractivity contribution in [3.05, 3.63) is 22.4 Å². The quantitative estimate of drug-likeness (QED) is 0.515. The molecule has 0 aromatic heterocycles. The zero-order valence-corrected chi connectivity index (χ0v) is 7.73. The minimum atomic E-state index is -0.620. The van der Waals surface area contributed by atoms with E-state index in [9.17, 15) is 0 Å². The van der Waals surface area contributed by atoms with E-state index in [2.05, 4.69) is 25.2 Å². The zero-order valence-electron chi connectivity index (χ0n) is 5.82. The minimum absolute atomic E-state index is 0.620. The molecule has 0 heterocycles. The first-order valence-electron chi connectivity index (χ1n) is 3.27. The third-order valence-electron chi connectivity index (χ3n) is 1.53. The van der Waals surface area contributed by atoms with Gasteiger partial charge >= 0.3 is 0 Å². The van der Waals surface area contributed by atoms with E-state index in [0.29, 0.717) is 0 Å². The Morgan fingerprint density at radius 1 is 1.56 bits per heavy atom. The molecule has 0 aliphatic heterocycles. The average Bonchev–Trinajstić information content (AvgIpc) is 2.13. The third kappa shape index (κ3) is 1.46. The number of hydrogen-bond donors (Lipinski definition) is 0. The van der Waals surface area contributed by atoms with Gasteiger partial charge in [-0.1, -0.05) is 36.8 Å². The van der Waals surface area contributed by atoms with Crippen LogP contribution in [0, 0.1) is 0 Å². The molecular weight excluding hydrogens is 148 g/mol. The van der Waals surface area contributed by atoms with Crippen molar-refractivity contribution < 1.29 is 0 Å². The lowest BCUT2D eigenvalue weighted by molar-refractivity contribution is 1.40. The van der Waals surface area contributed by atoms with Gasteiger partial charge in [0.05, 0.1) is 8.80 Å². The molecule has 0 nitrogen and oxygen atoms in total. The van der Waals surface area contributed by atoms with E-state index in [1.165, 1.54) is 5.20 Å². The topological polar surface area (TPSA) is 0 Å². The highest BCUT2D eigenvalue weighted by Crippen LogP contribution is 2.23. The SMILES string of the molecule is C[SiH](C)C1=C(Cl)CC=C1. The van der Waals surface area contributed by atoms with Gasteiger partial charge in [0, 0.05) is 11.5 Å². The molecule has 1 rings (SSSR count). The molecule has 0 aromatic rings. The molecule has 0 spiro atoms. The molecule has 0 radical (unpaired) electrons. The first-order chi connectivity index (χ1) is 4.22. The van der Waals surface area contributed by atoms with E-state index < -0.39 is 8.80 Å². The van der Waals surface area contributed by atoms with Gasteiger partial charge in [-0.25, -0.2) is 0 Å². The van der Waals surface area contributed by atoms with Crippen LogP contribution in [0.25, 0.3) is 0 Å². The van der Waals surface area contributed by atoms with Gasteiger partial charge in [-0.15, -0.1) is 0 Å². The predicted molar refractivity (Wildman–Crippen MR) is 45.5 cm³/mol. The fourth-order valence-electron chi connectivity index (χ4n) is 1.00. The van der Waals surface area contributed by atoms with Crippen LogP contribution in [0.5, 0.6) is 0 Å². The summed E-state index contributed by atoms with van der Waals surface area (Å²) in [7, 11) is -0.620. The van der Waals surface area contributed by atoms with E-state index in [1.54, 1.807) is 0 Å². The van der Waals surface area contributed by atoms with Crippen molar-refractivity contribution in [1.29, 1.82) is 0 Å². The van der Waals surface area contributed by atoms with Crippen LogP contribution in [0.3, 0.4) is 0 Å². The lowest BCUT2D eigenvalue weighted by Crippen LogP contribution is -2.02. The summed E-state index contributed by atoms with van der Waals surface area (Å²) >= 11 is 5.93. The first kappa shape index (κ1) is 7.10. The Balaban J connectivity index is 2.77. The van der Waals surface area contributed by atoms with Crippen LogP contribution in [-0.2, 0) is 0 Å². The van der Waals surface area contributed by atoms with Crippen LogP contribution in [0.15, 0.2) is 22.4 Å². The second-order valence-corrected chi connectivity index (χ2v) is 6.01. The van der Waals surface area contributed by atoms with Crippen LogP contribution < -0.4 is 0 Å². The minimum Gasteiger partial charge on any atom is -0.0890 e. The van der Waals surface area contributed by atoms with E-state index in [0.717, 1.165) is 11.5 Å². The predicted octanol–water partition coefficient (Wildman–Crippen LogP) is 2.47. The van der Waals surface area contributed by atoms with Crippen molar-refractivity contribution in [3.8, 4) is 0 Å². The summed E-state index contributed by atoms with van der Waals surface area (Å²) in [6.07, 6.45) is 5.30. The summed E-state index contributed by atoms with van der Waals surface area (Å²) < 4.78 is 0. The first-order valence-corrected chi connectivity index (χ1v) is 6.53. The van der Waals surface area contributed by atoms with Gasteiger partial charge in [-0.05, 0) is 5.20 Å². The highest BCUT2D eigenvalue weighted by molar-refractivity contribution is 6.66. The van der Waals surface area contributed by atoms with Gasteiger partial charge in [0.15, 0.2) is 0 Å². The molecule has 0 saturated carbocycles. The molecular formula is C7H11ClSi. The van der Waals surface area contributed by atoms with E-state index >= 15 is 0 Å². The van der Waals surface area contributed by atoms with Crippen LogP contribution in [0.4, 0.5) is 0 Å². The van der Waals surface area contributed by atoms with Crippen LogP contribution in [0.2, 0.25) is 13.1 Å². The number of allylic oxidation sites excluding steroid dienone is 4. The molecule has 1 aliphatic rings. The Morgan fingerprint density at radius 2 is 2.22 bits per heavy atom. The van der Waals surface area contributed by atoms with E-state index in [4.69, 9.17) is 11.6 Å². The van der Waals surface area contributed by atoms with Gasteiger partial charge in [0.25, 0.3) is 0 Å². The van der Waals surface area contributed by atoms with Gasteiger partial charge in [-0.3, -0.25) is 0 Å².